The number of halogens is 2. The van der Waals surface area contributed by atoms with Crippen molar-refractivity contribution in [3.8, 4) is 5.82 Å². The molecule has 0 radical (unpaired) electrons. The predicted molar refractivity (Wildman–Crippen MR) is 111 cm³/mol. The monoisotopic (exact) mass is 463 g/mol. The van der Waals surface area contributed by atoms with E-state index in [0.29, 0.717) is 33.3 Å². The highest BCUT2D eigenvalue weighted by Crippen LogP contribution is 2.38. The number of aldehydes is 1. The lowest BCUT2D eigenvalue weighted by atomic mass is 10.0. The van der Waals surface area contributed by atoms with Gasteiger partial charge in [0.05, 0.1) is 22.2 Å². The van der Waals surface area contributed by atoms with Crippen molar-refractivity contribution in [1.29, 1.82) is 0 Å². The van der Waals surface area contributed by atoms with Crippen LogP contribution in [0, 0.1) is 6.92 Å². The van der Waals surface area contributed by atoms with E-state index < -0.39 is 17.2 Å². The number of ether oxygens (including phenoxy) is 1. The number of nitrogens with zero attached hydrogens (tertiary/aromatic N) is 4. The van der Waals surface area contributed by atoms with Gasteiger partial charge >= 0.3 is 0 Å². The second kappa shape index (κ2) is 8.27. The molecule has 8 nitrogen and oxygen atoms in total. The number of aliphatic imine (C=N–C) groups is 1. The molecule has 0 amide bonds. The average Bonchev–Trinajstić information content (AvgIpc) is 3.10. The van der Waals surface area contributed by atoms with Crippen molar-refractivity contribution in [3.05, 3.63) is 69.1 Å². The van der Waals surface area contributed by atoms with Gasteiger partial charge in [-0.3, -0.25) is 9.00 Å². The van der Waals surface area contributed by atoms with Crippen LogP contribution in [0.25, 0.3) is 5.82 Å². The summed E-state index contributed by atoms with van der Waals surface area (Å²) in [5.74, 6) is 0.0342. The molecule has 0 saturated carbocycles. The molecule has 0 spiro atoms. The van der Waals surface area contributed by atoms with Crippen LogP contribution >= 0.6 is 23.2 Å². The Morgan fingerprint density at radius 1 is 1.33 bits per heavy atom. The first-order valence-electron chi connectivity index (χ1n) is 8.64. The van der Waals surface area contributed by atoms with Gasteiger partial charge < -0.3 is 9.29 Å². The van der Waals surface area contributed by atoms with E-state index in [4.69, 9.17) is 27.9 Å². The van der Waals surface area contributed by atoms with Crippen LogP contribution in [0.2, 0.25) is 10.0 Å². The van der Waals surface area contributed by atoms with Crippen LogP contribution < -0.4 is 0 Å². The molecule has 2 unspecified atom stereocenters. The summed E-state index contributed by atoms with van der Waals surface area (Å²) in [6.07, 6.45) is 1.23. The predicted octanol–water partition coefficient (Wildman–Crippen LogP) is 3.61. The molecular formula is C19H13Cl2N4O4S-. The van der Waals surface area contributed by atoms with E-state index in [-0.39, 0.29) is 23.2 Å². The van der Waals surface area contributed by atoms with Gasteiger partial charge in [-0.1, -0.05) is 23.2 Å². The molecule has 11 heteroatoms. The smallest absolute Gasteiger partial charge is 0.241 e. The molecule has 2 atom stereocenters. The van der Waals surface area contributed by atoms with Crippen LogP contribution in [0.3, 0.4) is 0 Å². The van der Waals surface area contributed by atoms with Gasteiger partial charge in [0.15, 0.2) is 18.2 Å². The third kappa shape index (κ3) is 3.89. The Morgan fingerprint density at radius 2 is 2.13 bits per heavy atom. The van der Waals surface area contributed by atoms with Crippen molar-refractivity contribution >= 4 is 52.2 Å². The Labute approximate surface area is 183 Å². The van der Waals surface area contributed by atoms with E-state index in [1.54, 1.807) is 24.3 Å². The summed E-state index contributed by atoms with van der Waals surface area (Å²) in [5, 5.41) is 5.06. The zero-order valence-electron chi connectivity index (χ0n) is 15.4. The number of hydrogen-bond acceptors (Lipinski definition) is 7. The highest BCUT2D eigenvalue weighted by molar-refractivity contribution is 7.78. The maximum atomic E-state index is 11.7. The van der Waals surface area contributed by atoms with Gasteiger partial charge in [0.2, 0.25) is 5.90 Å². The first-order chi connectivity index (χ1) is 14.4. The van der Waals surface area contributed by atoms with Crippen LogP contribution in [0.1, 0.15) is 28.6 Å². The second-order valence-corrected chi connectivity index (χ2v) is 8.18. The van der Waals surface area contributed by atoms with Crippen LogP contribution in [0.15, 0.2) is 41.5 Å². The minimum Gasteiger partial charge on any atom is -0.772 e. The standard InChI is InChI=1S/C19H14Cl2N4O4S/c1-10-5-11(20)6-13-16(8-26)29-19(23-17(10)13)15-7-12(9-30(27)28)24-25(15)18-14(21)3-2-4-22-18/h2-8,16H,9H2,1H3,(H,27,28)/p-1. The number of carbonyl (C=O) groups excluding carboxylic acids is 1. The number of rotatable bonds is 5. The maximum Gasteiger partial charge on any atom is 0.241 e. The van der Waals surface area contributed by atoms with Crippen LogP contribution in [0.5, 0.6) is 0 Å². The number of benzene rings is 1. The first-order valence-corrected chi connectivity index (χ1v) is 10.6. The zero-order valence-corrected chi connectivity index (χ0v) is 17.7. The Bertz CT molecular complexity index is 1210. The molecule has 3 heterocycles. The lowest BCUT2D eigenvalue weighted by Crippen LogP contribution is -2.21. The molecule has 0 bridgehead atoms. The molecule has 1 aliphatic rings. The van der Waals surface area contributed by atoms with E-state index >= 15 is 0 Å². The van der Waals surface area contributed by atoms with Crippen molar-refractivity contribution in [2.75, 3.05) is 0 Å². The fourth-order valence-corrected chi connectivity index (χ4v) is 4.00. The van der Waals surface area contributed by atoms with Crippen molar-refractivity contribution in [3.63, 3.8) is 0 Å². The Balaban J connectivity index is 1.92. The minimum atomic E-state index is -2.36. The molecule has 0 aliphatic carbocycles. The van der Waals surface area contributed by atoms with E-state index in [0.717, 1.165) is 5.56 Å². The second-order valence-electron chi connectivity index (χ2n) is 6.44. The lowest BCUT2D eigenvalue weighted by molar-refractivity contribution is -0.114. The Hall–Kier alpha value is -2.59. The number of hydrogen-bond donors (Lipinski definition) is 0. The van der Waals surface area contributed by atoms with Gasteiger partial charge in [-0.25, -0.2) is 14.7 Å². The van der Waals surface area contributed by atoms with Crippen LogP contribution in [-0.4, -0.2) is 35.7 Å². The molecule has 30 heavy (non-hydrogen) atoms. The van der Waals surface area contributed by atoms with E-state index in [1.165, 1.54) is 16.9 Å². The molecule has 0 N–H and O–H groups in total. The van der Waals surface area contributed by atoms with Crippen molar-refractivity contribution < 1.29 is 18.3 Å². The SMILES string of the molecule is Cc1cc(Cl)cc2c1N=C(c1cc(CS(=O)[O-])nn1-c1ncccc1Cl)OC2C=O. The van der Waals surface area contributed by atoms with Gasteiger partial charge in [0.25, 0.3) is 0 Å². The van der Waals surface area contributed by atoms with Gasteiger partial charge in [-0.15, -0.1) is 0 Å². The summed E-state index contributed by atoms with van der Waals surface area (Å²) in [7, 11) is 0. The zero-order chi connectivity index (χ0) is 21.4. The molecule has 0 fully saturated rings. The normalized spacial score (nSPS) is 16.4. The number of pyridine rings is 1. The fourth-order valence-electron chi connectivity index (χ4n) is 3.13. The van der Waals surface area contributed by atoms with Crippen molar-refractivity contribution in [2.45, 2.75) is 18.8 Å². The number of fused-ring (bicyclic) bond motifs is 1. The number of aryl methyl sites for hydroxylation is 1. The largest absolute Gasteiger partial charge is 0.772 e. The van der Waals surface area contributed by atoms with Gasteiger partial charge in [-0.2, -0.15) is 5.10 Å². The summed E-state index contributed by atoms with van der Waals surface area (Å²) in [4.78, 5) is 20.5. The van der Waals surface area contributed by atoms with Crippen molar-refractivity contribution in [2.24, 2.45) is 4.99 Å². The van der Waals surface area contributed by atoms with Gasteiger partial charge in [0, 0.05) is 16.8 Å². The van der Waals surface area contributed by atoms with E-state index in [1.807, 2.05) is 6.92 Å². The highest BCUT2D eigenvalue weighted by Gasteiger charge is 2.29. The first kappa shape index (κ1) is 20.7. The molecule has 0 saturated heterocycles. The topological polar surface area (TPSA) is 110 Å². The quantitative estimate of drug-likeness (QED) is 0.422. The van der Waals surface area contributed by atoms with Gasteiger partial charge in [0.1, 0.15) is 5.69 Å². The van der Waals surface area contributed by atoms with Crippen LogP contribution in [0.4, 0.5) is 5.69 Å². The summed E-state index contributed by atoms with van der Waals surface area (Å²) in [6, 6.07) is 8.15. The molecule has 154 valence electrons. The lowest BCUT2D eigenvalue weighted by Gasteiger charge is -2.24. The molecule has 2 aromatic heterocycles. The summed E-state index contributed by atoms with van der Waals surface area (Å²) < 4.78 is 29.6. The van der Waals surface area contributed by atoms with Crippen molar-refractivity contribution in [1.82, 2.24) is 14.8 Å². The summed E-state index contributed by atoms with van der Waals surface area (Å²) >= 11 is 10.0. The Kier molecular flexibility index (Phi) is 5.70. The molecular weight excluding hydrogens is 451 g/mol. The van der Waals surface area contributed by atoms with E-state index in [9.17, 15) is 13.6 Å². The fraction of sp³-hybridized carbons (Fsp3) is 0.158. The molecule has 4 rings (SSSR count). The molecule has 3 aromatic rings. The maximum absolute atomic E-state index is 11.7. The summed E-state index contributed by atoms with van der Waals surface area (Å²) in [6.45, 7) is 1.82. The van der Waals surface area contributed by atoms with Crippen LogP contribution in [-0.2, 0) is 26.4 Å². The van der Waals surface area contributed by atoms with Gasteiger partial charge in [-0.05, 0) is 53.9 Å². The number of aromatic nitrogens is 3. The summed E-state index contributed by atoms with van der Waals surface area (Å²) in [5.41, 5.74) is 2.40. The van der Waals surface area contributed by atoms with E-state index in [2.05, 4.69) is 15.1 Å². The molecule has 1 aliphatic heterocycles. The Morgan fingerprint density at radius 3 is 2.83 bits per heavy atom. The highest BCUT2D eigenvalue weighted by atomic mass is 35.5. The average molecular weight is 464 g/mol. The third-order valence-electron chi connectivity index (χ3n) is 4.36. The number of carbonyl (C=O) groups is 1. The minimum absolute atomic E-state index is 0.0853. The third-order valence-corrected chi connectivity index (χ3v) is 5.41. The molecule has 1 aromatic carbocycles.